The van der Waals surface area contributed by atoms with Crippen LogP contribution in [0.1, 0.15) is 60.0 Å². The molecule has 1 heterocycles. The molecule has 4 nitrogen and oxygen atoms in total. The van der Waals surface area contributed by atoms with Crippen LogP contribution in [0.25, 0.3) is 33.5 Å². The molecule has 0 unspecified atom stereocenters. The number of hydrogen-bond acceptors (Lipinski definition) is 3. The highest BCUT2D eigenvalue weighted by atomic mass is 16.1. The summed E-state index contributed by atoms with van der Waals surface area (Å²) >= 11 is 0. The minimum absolute atomic E-state index is 0.0181. The average Bonchev–Trinajstić information content (AvgIpc) is 3.11. The summed E-state index contributed by atoms with van der Waals surface area (Å²) in [6, 6.07) is 22.6. The van der Waals surface area contributed by atoms with Crippen LogP contribution in [0.2, 0.25) is 0 Å². The number of benzene rings is 3. The molecule has 0 radical (unpaired) electrons. The van der Waals surface area contributed by atoms with Gasteiger partial charge < -0.3 is 5.32 Å². The molecule has 1 aliphatic rings. The Morgan fingerprint density at radius 1 is 0.735 bits per heavy atom. The lowest BCUT2D eigenvalue weighted by Crippen LogP contribution is -2.34. The van der Waals surface area contributed by atoms with Crippen LogP contribution in [-0.4, -0.2) is 21.9 Å². The summed E-state index contributed by atoms with van der Waals surface area (Å²) in [5.41, 5.74) is 8.29. The van der Waals surface area contributed by atoms with E-state index in [9.17, 15) is 4.79 Å². The van der Waals surface area contributed by atoms with Gasteiger partial charge >= 0.3 is 0 Å². The largest absolute Gasteiger partial charge is 0.349 e. The van der Waals surface area contributed by atoms with Gasteiger partial charge in [-0.1, -0.05) is 73.2 Å². The Bertz CT molecular complexity index is 1340. The van der Waals surface area contributed by atoms with E-state index in [4.69, 9.17) is 9.97 Å². The first-order valence-electron chi connectivity index (χ1n) is 12.3. The average molecular weight is 450 g/mol. The number of aryl methyl sites for hydroxylation is 2. The van der Waals surface area contributed by atoms with E-state index in [1.807, 2.05) is 24.3 Å². The second-order valence-corrected chi connectivity index (χ2v) is 9.53. The summed E-state index contributed by atoms with van der Waals surface area (Å²) in [7, 11) is 0. The van der Waals surface area contributed by atoms with Crippen molar-refractivity contribution in [1.29, 1.82) is 0 Å². The molecular weight excluding hydrogens is 418 g/mol. The van der Waals surface area contributed by atoms with Crippen LogP contribution in [0, 0.1) is 13.8 Å². The predicted octanol–water partition coefficient (Wildman–Crippen LogP) is 7.03. The molecule has 3 aromatic carbocycles. The third kappa shape index (κ3) is 4.86. The first kappa shape index (κ1) is 22.3. The molecule has 1 amide bonds. The molecule has 1 aromatic heterocycles. The van der Waals surface area contributed by atoms with Gasteiger partial charge in [0.1, 0.15) is 0 Å². The molecule has 0 saturated heterocycles. The van der Waals surface area contributed by atoms with Gasteiger partial charge in [0.15, 0.2) is 0 Å². The molecule has 0 spiro atoms. The van der Waals surface area contributed by atoms with Gasteiger partial charge in [-0.15, -0.1) is 0 Å². The second kappa shape index (κ2) is 9.76. The summed E-state index contributed by atoms with van der Waals surface area (Å²) in [6.07, 6.45) is 7.05. The predicted molar refractivity (Wildman–Crippen MR) is 139 cm³/mol. The molecule has 4 heteroatoms. The van der Waals surface area contributed by atoms with Crippen molar-refractivity contribution in [3.8, 4) is 22.5 Å². The number of aromatic nitrogens is 2. The monoisotopic (exact) mass is 449 g/mol. The van der Waals surface area contributed by atoms with Gasteiger partial charge in [-0.25, -0.2) is 9.97 Å². The van der Waals surface area contributed by atoms with E-state index in [-0.39, 0.29) is 11.9 Å². The van der Waals surface area contributed by atoms with Gasteiger partial charge in [0.05, 0.1) is 22.4 Å². The Hall–Kier alpha value is -3.53. The Kier molecular flexibility index (Phi) is 6.39. The number of carbonyl (C=O) groups is 1. The lowest BCUT2D eigenvalue weighted by Gasteiger charge is -2.16. The molecule has 1 aliphatic carbocycles. The van der Waals surface area contributed by atoms with E-state index in [1.165, 1.54) is 36.8 Å². The number of carbonyl (C=O) groups excluding carboxylic acids is 1. The fourth-order valence-electron chi connectivity index (χ4n) is 4.88. The number of amides is 1. The van der Waals surface area contributed by atoms with Crippen molar-refractivity contribution in [2.24, 2.45) is 0 Å². The van der Waals surface area contributed by atoms with Gasteiger partial charge in [0.25, 0.3) is 5.91 Å². The smallest absolute Gasteiger partial charge is 0.251 e. The zero-order valence-electron chi connectivity index (χ0n) is 20.0. The maximum Gasteiger partial charge on any atom is 0.251 e. The molecule has 1 fully saturated rings. The molecular formula is C30H31N3O. The van der Waals surface area contributed by atoms with Crippen molar-refractivity contribution in [2.75, 3.05) is 0 Å². The van der Waals surface area contributed by atoms with Crippen molar-refractivity contribution in [1.82, 2.24) is 15.3 Å². The van der Waals surface area contributed by atoms with E-state index in [1.54, 1.807) is 0 Å². The van der Waals surface area contributed by atoms with Crippen LogP contribution >= 0.6 is 0 Å². The van der Waals surface area contributed by atoms with E-state index in [0.29, 0.717) is 5.56 Å². The standard InChI is InChI=1S/C30H31N3O/c1-20-9-7-11-22(17-20)28-29(23-12-8-10-21(2)18-23)33-27-19-24(15-16-26(27)32-28)30(34)31-25-13-5-3-4-6-14-25/h7-12,15-19,25H,3-6,13-14H2,1-2H3,(H,31,34). The van der Waals surface area contributed by atoms with Crippen LogP contribution in [0.3, 0.4) is 0 Å². The summed E-state index contributed by atoms with van der Waals surface area (Å²) in [6.45, 7) is 4.17. The molecule has 0 bridgehead atoms. The van der Waals surface area contributed by atoms with Crippen molar-refractivity contribution < 1.29 is 4.79 Å². The molecule has 0 aliphatic heterocycles. The highest BCUT2D eigenvalue weighted by Gasteiger charge is 2.18. The maximum absolute atomic E-state index is 13.0. The molecule has 0 atom stereocenters. The zero-order valence-corrected chi connectivity index (χ0v) is 20.0. The lowest BCUT2D eigenvalue weighted by atomic mass is 10.0. The number of hydrogen-bond donors (Lipinski definition) is 1. The first-order chi connectivity index (χ1) is 16.6. The van der Waals surface area contributed by atoms with Crippen LogP contribution in [-0.2, 0) is 0 Å². The Balaban J connectivity index is 1.57. The molecule has 34 heavy (non-hydrogen) atoms. The van der Waals surface area contributed by atoms with Gasteiger partial charge in [-0.2, -0.15) is 0 Å². The highest BCUT2D eigenvalue weighted by molar-refractivity contribution is 5.98. The van der Waals surface area contributed by atoms with Crippen LogP contribution < -0.4 is 5.32 Å². The number of nitrogens with one attached hydrogen (secondary N) is 1. The highest BCUT2D eigenvalue weighted by Crippen LogP contribution is 2.32. The van der Waals surface area contributed by atoms with Gasteiger partial charge in [-0.3, -0.25) is 4.79 Å². The Labute approximate surface area is 201 Å². The Morgan fingerprint density at radius 3 is 1.91 bits per heavy atom. The van der Waals surface area contributed by atoms with Gasteiger partial charge in [0, 0.05) is 22.7 Å². The SMILES string of the molecule is Cc1cccc(-c2nc3ccc(C(=O)NC4CCCCCC4)cc3nc2-c2cccc(C)c2)c1. The normalized spacial score (nSPS) is 14.6. The van der Waals surface area contributed by atoms with Crippen molar-refractivity contribution >= 4 is 16.9 Å². The van der Waals surface area contributed by atoms with Crippen molar-refractivity contribution in [3.63, 3.8) is 0 Å². The summed E-state index contributed by atoms with van der Waals surface area (Å²) < 4.78 is 0. The van der Waals surface area contributed by atoms with Crippen molar-refractivity contribution in [2.45, 2.75) is 58.4 Å². The van der Waals surface area contributed by atoms with E-state index < -0.39 is 0 Å². The molecule has 4 aromatic rings. The Morgan fingerprint density at radius 2 is 1.32 bits per heavy atom. The van der Waals surface area contributed by atoms with Crippen LogP contribution in [0.15, 0.2) is 66.7 Å². The van der Waals surface area contributed by atoms with Gasteiger partial charge in [-0.05, 0) is 57.0 Å². The topological polar surface area (TPSA) is 54.9 Å². The van der Waals surface area contributed by atoms with E-state index in [2.05, 4.69) is 61.6 Å². The zero-order chi connectivity index (χ0) is 23.5. The van der Waals surface area contributed by atoms with Crippen LogP contribution in [0.5, 0.6) is 0 Å². The van der Waals surface area contributed by atoms with Crippen molar-refractivity contribution in [3.05, 3.63) is 83.4 Å². The summed E-state index contributed by atoms with van der Waals surface area (Å²) in [4.78, 5) is 23.1. The van der Waals surface area contributed by atoms with E-state index >= 15 is 0 Å². The summed E-state index contributed by atoms with van der Waals surface area (Å²) in [5.74, 6) is -0.0181. The van der Waals surface area contributed by atoms with Gasteiger partial charge in [0.2, 0.25) is 0 Å². The minimum Gasteiger partial charge on any atom is -0.349 e. The lowest BCUT2D eigenvalue weighted by molar-refractivity contribution is 0.0933. The second-order valence-electron chi connectivity index (χ2n) is 9.53. The third-order valence-corrected chi connectivity index (χ3v) is 6.70. The summed E-state index contributed by atoms with van der Waals surface area (Å²) in [5, 5.41) is 3.25. The minimum atomic E-state index is -0.0181. The maximum atomic E-state index is 13.0. The number of nitrogens with zero attached hydrogens (tertiary/aromatic N) is 2. The molecule has 5 rings (SSSR count). The van der Waals surface area contributed by atoms with Crippen LogP contribution in [0.4, 0.5) is 0 Å². The fraction of sp³-hybridized carbons (Fsp3) is 0.300. The molecule has 172 valence electrons. The third-order valence-electron chi connectivity index (χ3n) is 6.70. The molecule has 1 saturated carbocycles. The number of rotatable bonds is 4. The first-order valence-corrected chi connectivity index (χ1v) is 12.3. The number of fused-ring (bicyclic) bond motifs is 1. The molecule has 1 N–H and O–H groups in total. The van der Waals surface area contributed by atoms with E-state index in [0.717, 1.165) is 46.4 Å². The fourth-order valence-corrected chi connectivity index (χ4v) is 4.88. The quantitative estimate of drug-likeness (QED) is 0.340.